The molecule has 0 saturated carbocycles. The first-order valence-electron chi connectivity index (χ1n) is 4.57. The van der Waals surface area contributed by atoms with Crippen molar-refractivity contribution in [1.29, 1.82) is 0 Å². The van der Waals surface area contributed by atoms with Gasteiger partial charge in [0, 0.05) is 24.6 Å². The Morgan fingerprint density at radius 1 is 1.60 bits per heavy atom. The zero-order chi connectivity index (χ0) is 11.3. The van der Waals surface area contributed by atoms with Crippen LogP contribution in [-0.2, 0) is 6.54 Å². The SMILES string of the molecule is CCSCCn1ccc(=O)c([N+](=O)[O-])c1. The number of nitro groups is 1. The second-order valence-corrected chi connectivity index (χ2v) is 4.28. The van der Waals surface area contributed by atoms with Crippen LogP contribution < -0.4 is 5.43 Å². The first kappa shape index (κ1) is 11.8. The lowest BCUT2D eigenvalue weighted by atomic mass is 10.4. The molecule has 0 unspecified atom stereocenters. The van der Waals surface area contributed by atoms with Crippen molar-refractivity contribution in [3.8, 4) is 0 Å². The number of rotatable bonds is 5. The van der Waals surface area contributed by atoms with Crippen LogP contribution in [0.2, 0.25) is 0 Å². The summed E-state index contributed by atoms with van der Waals surface area (Å²) in [7, 11) is 0. The Labute approximate surface area is 91.3 Å². The Hall–Kier alpha value is -1.30. The molecule has 0 N–H and O–H groups in total. The van der Waals surface area contributed by atoms with E-state index in [9.17, 15) is 14.9 Å². The maximum atomic E-state index is 11.1. The van der Waals surface area contributed by atoms with Crippen molar-refractivity contribution in [3.05, 3.63) is 38.8 Å². The molecule has 0 bridgehead atoms. The van der Waals surface area contributed by atoms with E-state index in [0.29, 0.717) is 6.54 Å². The first-order chi connectivity index (χ1) is 7.15. The van der Waals surface area contributed by atoms with Gasteiger partial charge in [-0.3, -0.25) is 14.9 Å². The topological polar surface area (TPSA) is 65.1 Å². The van der Waals surface area contributed by atoms with Gasteiger partial charge in [-0.15, -0.1) is 0 Å². The van der Waals surface area contributed by atoms with Gasteiger partial charge in [0.25, 0.3) is 5.43 Å². The van der Waals surface area contributed by atoms with Crippen molar-refractivity contribution in [3.63, 3.8) is 0 Å². The van der Waals surface area contributed by atoms with Crippen LogP contribution in [0.15, 0.2) is 23.3 Å². The molecule has 5 nitrogen and oxygen atoms in total. The minimum absolute atomic E-state index is 0.362. The zero-order valence-corrected chi connectivity index (χ0v) is 9.20. The van der Waals surface area contributed by atoms with E-state index >= 15 is 0 Å². The molecule has 0 radical (unpaired) electrons. The van der Waals surface area contributed by atoms with Crippen LogP contribution in [0.5, 0.6) is 0 Å². The number of pyridine rings is 1. The summed E-state index contributed by atoms with van der Waals surface area (Å²) in [5, 5.41) is 10.5. The van der Waals surface area contributed by atoms with E-state index in [0.717, 1.165) is 11.5 Å². The number of thioether (sulfide) groups is 1. The maximum absolute atomic E-state index is 11.1. The molecule has 1 aromatic heterocycles. The predicted molar refractivity (Wildman–Crippen MR) is 60.4 cm³/mol. The van der Waals surface area contributed by atoms with Crippen LogP contribution >= 0.6 is 11.8 Å². The number of nitrogens with zero attached hydrogens (tertiary/aromatic N) is 2. The maximum Gasteiger partial charge on any atom is 0.332 e. The van der Waals surface area contributed by atoms with E-state index in [2.05, 4.69) is 6.92 Å². The highest BCUT2D eigenvalue weighted by Gasteiger charge is 2.10. The number of aromatic nitrogens is 1. The average Bonchev–Trinajstić information content (AvgIpc) is 2.20. The Kier molecular flexibility index (Phi) is 4.36. The van der Waals surface area contributed by atoms with Crippen molar-refractivity contribution >= 4 is 17.4 Å². The lowest BCUT2D eigenvalue weighted by molar-refractivity contribution is -0.386. The van der Waals surface area contributed by atoms with Gasteiger partial charge in [-0.2, -0.15) is 11.8 Å². The minimum atomic E-state index is -0.647. The van der Waals surface area contributed by atoms with E-state index in [1.54, 1.807) is 22.5 Å². The monoisotopic (exact) mass is 228 g/mol. The number of hydrogen-bond acceptors (Lipinski definition) is 4. The van der Waals surface area contributed by atoms with Crippen LogP contribution in [0, 0.1) is 10.1 Å². The third-order valence-corrected chi connectivity index (χ3v) is 2.73. The van der Waals surface area contributed by atoms with Gasteiger partial charge in [-0.05, 0) is 5.75 Å². The van der Waals surface area contributed by atoms with Crippen LogP contribution in [0.1, 0.15) is 6.92 Å². The molecule has 0 amide bonds. The van der Waals surface area contributed by atoms with Gasteiger partial charge in [-0.25, -0.2) is 0 Å². The molecule has 0 spiro atoms. The van der Waals surface area contributed by atoms with Crippen LogP contribution in [0.4, 0.5) is 5.69 Å². The van der Waals surface area contributed by atoms with Crippen molar-refractivity contribution in [2.45, 2.75) is 13.5 Å². The second-order valence-electron chi connectivity index (χ2n) is 2.89. The highest BCUT2D eigenvalue weighted by atomic mass is 32.2. The molecule has 0 fully saturated rings. The summed E-state index contributed by atoms with van der Waals surface area (Å²) in [6.07, 6.45) is 2.87. The van der Waals surface area contributed by atoms with Gasteiger partial charge >= 0.3 is 5.69 Å². The summed E-state index contributed by atoms with van der Waals surface area (Å²) < 4.78 is 1.67. The quantitative estimate of drug-likeness (QED) is 0.435. The largest absolute Gasteiger partial charge is 0.347 e. The molecule has 1 aromatic rings. The fraction of sp³-hybridized carbons (Fsp3) is 0.444. The summed E-state index contributed by atoms with van der Waals surface area (Å²) in [6, 6.07) is 1.23. The number of aryl methyl sites for hydroxylation is 1. The minimum Gasteiger partial charge on any atom is -0.347 e. The third-order valence-electron chi connectivity index (χ3n) is 1.85. The van der Waals surface area contributed by atoms with Crippen molar-refractivity contribution in [2.75, 3.05) is 11.5 Å². The van der Waals surface area contributed by atoms with E-state index < -0.39 is 10.4 Å². The van der Waals surface area contributed by atoms with E-state index in [1.165, 1.54) is 12.3 Å². The first-order valence-corrected chi connectivity index (χ1v) is 5.73. The molecular weight excluding hydrogens is 216 g/mol. The third kappa shape index (κ3) is 3.39. The van der Waals surface area contributed by atoms with Crippen LogP contribution in [0.25, 0.3) is 0 Å². The molecule has 0 aromatic carbocycles. The van der Waals surface area contributed by atoms with E-state index in [-0.39, 0.29) is 5.69 Å². The second kappa shape index (κ2) is 5.55. The summed E-state index contributed by atoms with van der Waals surface area (Å²) in [5.41, 5.74) is -0.904. The molecular formula is C9H12N2O3S. The Bertz CT molecular complexity index is 403. The molecule has 6 heteroatoms. The van der Waals surface area contributed by atoms with Crippen LogP contribution in [0.3, 0.4) is 0 Å². The summed E-state index contributed by atoms with van der Waals surface area (Å²) in [6.45, 7) is 2.73. The van der Waals surface area contributed by atoms with E-state index in [1.807, 2.05) is 0 Å². The number of hydrogen-bond donors (Lipinski definition) is 0. The predicted octanol–water partition coefficient (Wildman–Crippen LogP) is 1.51. The van der Waals surface area contributed by atoms with E-state index in [4.69, 9.17) is 0 Å². The Morgan fingerprint density at radius 2 is 2.33 bits per heavy atom. The Balaban J connectivity index is 2.79. The lowest BCUT2D eigenvalue weighted by Crippen LogP contribution is -2.11. The smallest absolute Gasteiger partial charge is 0.332 e. The zero-order valence-electron chi connectivity index (χ0n) is 8.38. The van der Waals surface area contributed by atoms with Crippen LogP contribution in [-0.4, -0.2) is 21.0 Å². The molecule has 15 heavy (non-hydrogen) atoms. The van der Waals surface area contributed by atoms with Gasteiger partial charge < -0.3 is 4.57 Å². The van der Waals surface area contributed by atoms with Gasteiger partial charge in [0.15, 0.2) is 0 Å². The van der Waals surface area contributed by atoms with Crippen molar-refractivity contribution < 1.29 is 4.92 Å². The van der Waals surface area contributed by atoms with Gasteiger partial charge in [0.05, 0.1) is 11.1 Å². The highest BCUT2D eigenvalue weighted by molar-refractivity contribution is 7.99. The lowest BCUT2D eigenvalue weighted by Gasteiger charge is -2.04. The van der Waals surface area contributed by atoms with Crippen molar-refractivity contribution in [2.24, 2.45) is 0 Å². The molecule has 82 valence electrons. The van der Waals surface area contributed by atoms with Crippen molar-refractivity contribution in [1.82, 2.24) is 4.57 Å². The highest BCUT2D eigenvalue weighted by Crippen LogP contribution is 2.05. The van der Waals surface area contributed by atoms with Gasteiger partial charge in [-0.1, -0.05) is 6.92 Å². The fourth-order valence-corrected chi connectivity index (χ4v) is 1.73. The molecule has 0 aliphatic carbocycles. The molecule has 0 atom stereocenters. The average molecular weight is 228 g/mol. The van der Waals surface area contributed by atoms with Gasteiger partial charge in [0.1, 0.15) is 0 Å². The molecule has 1 rings (SSSR count). The summed E-state index contributed by atoms with van der Waals surface area (Å²) in [4.78, 5) is 20.9. The fourth-order valence-electron chi connectivity index (χ4n) is 1.10. The Morgan fingerprint density at radius 3 is 2.93 bits per heavy atom. The molecule has 0 aliphatic rings. The van der Waals surface area contributed by atoms with Gasteiger partial charge in [0.2, 0.25) is 0 Å². The molecule has 1 heterocycles. The standard InChI is InChI=1S/C9H12N2O3S/c1-2-15-6-5-10-4-3-9(12)8(7-10)11(13)14/h3-4,7H,2,5-6H2,1H3. The normalized spacial score (nSPS) is 10.2. The molecule has 0 saturated heterocycles. The summed E-state index contributed by atoms with van der Waals surface area (Å²) >= 11 is 1.75. The molecule has 0 aliphatic heterocycles. The summed E-state index contributed by atoms with van der Waals surface area (Å²) in [5.74, 6) is 1.90.